The Labute approximate surface area is 114 Å². The van der Waals surface area contributed by atoms with E-state index < -0.39 is 0 Å². The topological polar surface area (TPSA) is 55.1 Å². The Hall–Kier alpha value is -1.79. The first-order chi connectivity index (χ1) is 9.20. The number of nitrogens with two attached hydrogens (primary N) is 1. The predicted octanol–water partition coefficient (Wildman–Crippen LogP) is 1.84. The number of hydrogen-bond acceptors (Lipinski definition) is 2. The van der Waals surface area contributed by atoms with Crippen molar-refractivity contribution in [1.29, 1.82) is 0 Å². The average molecular weight is 256 g/mol. The van der Waals surface area contributed by atoms with E-state index in [9.17, 15) is 4.79 Å². The van der Waals surface area contributed by atoms with Gasteiger partial charge in [-0.3, -0.25) is 4.79 Å². The van der Waals surface area contributed by atoms with Gasteiger partial charge in [-0.1, -0.05) is 30.7 Å². The van der Waals surface area contributed by atoms with Crippen molar-refractivity contribution in [3.63, 3.8) is 0 Å². The van der Waals surface area contributed by atoms with E-state index in [2.05, 4.69) is 17.2 Å². The number of aryl methyl sites for hydroxylation is 1. The number of rotatable bonds is 4. The lowest BCUT2D eigenvalue weighted by atomic mass is 10.0. The van der Waals surface area contributed by atoms with E-state index in [0.29, 0.717) is 12.1 Å². The molecular weight excluding hydrogens is 236 g/mol. The van der Waals surface area contributed by atoms with Gasteiger partial charge in [-0.25, -0.2) is 0 Å². The summed E-state index contributed by atoms with van der Waals surface area (Å²) in [5.74, 6) is 6.57. The molecule has 0 aromatic heterocycles. The first-order valence-electron chi connectivity index (χ1n) is 6.78. The molecule has 1 aromatic carbocycles. The smallest absolute Gasteiger partial charge is 0.252 e. The van der Waals surface area contributed by atoms with Crippen LogP contribution in [0.3, 0.4) is 0 Å². The number of carbonyl (C=O) groups excluding carboxylic acids is 1. The molecule has 0 spiro atoms. The normalized spacial score (nSPS) is 13.6. The molecule has 0 saturated heterocycles. The highest BCUT2D eigenvalue weighted by atomic mass is 16.1. The molecule has 0 aliphatic heterocycles. The molecule has 19 heavy (non-hydrogen) atoms. The van der Waals surface area contributed by atoms with Crippen molar-refractivity contribution in [3.8, 4) is 11.8 Å². The van der Waals surface area contributed by atoms with E-state index in [0.717, 1.165) is 30.0 Å². The minimum absolute atomic E-state index is 0.0398. The van der Waals surface area contributed by atoms with Gasteiger partial charge in [-0.15, -0.1) is 0 Å². The highest BCUT2D eigenvalue weighted by molar-refractivity contribution is 5.96. The highest BCUT2D eigenvalue weighted by Gasteiger charge is 2.20. The largest absolute Gasteiger partial charge is 0.352 e. The lowest BCUT2D eigenvalue weighted by molar-refractivity contribution is 0.0952. The maximum atomic E-state index is 12.1. The molecule has 0 heterocycles. The molecule has 1 aliphatic carbocycles. The SMILES string of the molecule is Cc1ccc(C(=O)NCCC2CC2)c(C#CCN)c1. The van der Waals surface area contributed by atoms with Crippen LogP contribution in [0.25, 0.3) is 0 Å². The Balaban J connectivity index is 2.05. The molecule has 1 aromatic rings. The molecule has 1 fully saturated rings. The van der Waals surface area contributed by atoms with Gasteiger partial charge in [0.05, 0.1) is 12.1 Å². The summed E-state index contributed by atoms with van der Waals surface area (Å²) in [7, 11) is 0. The summed E-state index contributed by atoms with van der Waals surface area (Å²) >= 11 is 0. The Morgan fingerprint density at radius 1 is 1.47 bits per heavy atom. The van der Waals surface area contributed by atoms with Crippen LogP contribution < -0.4 is 11.1 Å². The second-order valence-electron chi connectivity index (χ2n) is 5.04. The molecule has 2 rings (SSSR count). The number of hydrogen-bond donors (Lipinski definition) is 2. The molecule has 0 bridgehead atoms. The molecule has 3 nitrogen and oxygen atoms in total. The minimum atomic E-state index is -0.0398. The standard InChI is InChI=1S/C16H20N2O/c1-12-4-7-15(14(11-12)3-2-9-17)16(19)18-10-8-13-5-6-13/h4,7,11,13H,5-6,8-10,17H2,1H3,(H,18,19). The zero-order valence-corrected chi connectivity index (χ0v) is 11.3. The third kappa shape index (κ3) is 4.11. The quantitative estimate of drug-likeness (QED) is 0.808. The van der Waals surface area contributed by atoms with Crippen molar-refractivity contribution >= 4 is 5.91 Å². The molecular formula is C16H20N2O. The number of nitrogens with one attached hydrogen (secondary N) is 1. The Bertz CT molecular complexity index is 521. The summed E-state index contributed by atoms with van der Waals surface area (Å²) in [6.07, 6.45) is 3.71. The van der Waals surface area contributed by atoms with Crippen LogP contribution in [0.1, 0.15) is 40.7 Å². The van der Waals surface area contributed by atoms with Gasteiger partial charge in [0, 0.05) is 12.1 Å². The maximum absolute atomic E-state index is 12.1. The highest BCUT2D eigenvalue weighted by Crippen LogP contribution is 2.31. The zero-order valence-electron chi connectivity index (χ0n) is 11.3. The van der Waals surface area contributed by atoms with Crippen LogP contribution in [0.2, 0.25) is 0 Å². The molecule has 3 N–H and O–H groups in total. The second kappa shape index (κ2) is 6.40. The summed E-state index contributed by atoms with van der Waals surface area (Å²) in [6, 6.07) is 5.70. The fourth-order valence-electron chi connectivity index (χ4n) is 2.00. The summed E-state index contributed by atoms with van der Waals surface area (Å²) in [6.45, 7) is 3.04. The molecule has 1 amide bonds. The van der Waals surface area contributed by atoms with Crippen LogP contribution in [-0.4, -0.2) is 19.0 Å². The van der Waals surface area contributed by atoms with Gasteiger partial charge in [-0.2, -0.15) is 0 Å². The predicted molar refractivity (Wildman–Crippen MR) is 76.8 cm³/mol. The van der Waals surface area contributed by atoms with Gasteiger partial charge in [-0.05, 0) is 37.0 Å². The summed E-state index contributed by atoms with van der Waals surface area (Å²) < 4.78 is 0. The monoisotopic (exact) mass is 256 g/mol. The second-order valence-corrected chi connectivity index (χ2v) is 5.04. The van der Waals surface area contributed by atoms with Crippen LogP contribution in [0.15, 0.2) is 18.2 Å². The Morgan fingerprint density at radius 2 is 2.26 bits per heavy atom. The van der Waals surface area contributed by atoms with Crippen LogP contribution in [-0.2, 0) is 0 Å². The molecule has 1 saturated carbocycles. The van der Waals surface area contributed by atoms with E-state index in [-0.39, 0.29) is 5.91 Å². The molecule has 0 radical (unpaired) electrons. The van der Waals surface area contributed by atoms with Crippen LogP contribution in [0, 0.1) is 24.7 Å². The van der Waals surface area contributed by atoms with Crippen LogP contribution >= 0.6 is 0 Å². The first-order valence-corrected chi connectivity index (χ1v) is 6.78. The molecule has 3 heteroatoms. The van der Waals surface area contributed by atoms with Crippen LogP contribution in [0.5, 0.6) is 0 Å². The van der Waals surface area contributed by atoms with E-state index >= 15 is 0 Å². The van der Waals surface area contributed by atoms with Gasteiger partial charge in [0.25, 0.3) is 5.91 Å². The fraction of sp³-hybridized carbons (Fsp3) is 0.438. The number of amides is 1. The van der Waals surface area contributed by atoms with Gasteiger partial charge < -0.3 is 11.1 Å². The first kappa shape index (κ1) is 13.6. The molecule has 0 unspecified atom stereocenters. The Morgan fingerprint density at radius 3 is 2.95 bits per heavy atom. The maximum Gasteiger partial charge on any atom is 0.252 e. The van der Waals surface area contributed by atoms with Crippen molar-refractivity contribution < 1.29 is 4.79 Å². The van der Waals surface area contributed by atoms with Gasteiger partial charge >= 0.3 is 0 Å². The number of carbonyl (C=O) groups is 1. The van der Waals surface area contributed by atoms with Crippen molar-refractivity contribution in [1.82, 2.24) is 5.32 Å². The average Bonchev–Trinajstić information content (AvgIpc) is 3.20. The molecule has 100 valence electrons. The minimum Gasteiger partial charge on any atom is -0.352 e. The van der Waals surface area contributed by atoms with Crippen LogP contribution in [0.4, 0.5) is 0 Å². The third-order valence-electron chi connectivity index (χ3n) is 3.28. The molecule has 1 aliphatic rings. The molecule has 0 atom stereocenters. The number of benzene rings is 1. The lowest BCUT2D eigenvalue weighted by Gasteiger charge is -2.07. The van der Waals surface area contributed by atoms with E-state index in [4.69, 9.17) is 5.73 Å². The van der Waals surface area contributed by atoms with Crippen molar-refractivity contribution in [2.45, 2.75) is 26.2 Å². The van der Waals surface area contributed by atoms with Gasteiger partial charge in [0.1, 0.15) is 0 Å². The fourth-order valence-corrected chi connectivity index (χ4v) is 2.00. The summed E-state index contributed by atoms with van der Waals surface area (Å²) in [5.41, 5.74) is 7.88. The van der Waals surface area contributed by atoms with E-state index in [1.807, 2.05) is 25.1 Å². The van der Waals surface area contributed by atoms with E-state index in [1.54, 1.807) is 0 Å². The Kier molecular flexibility index (Phi) is 4.59. The van der Waals surface area contributed by atoms with E-state index in [1.165, 1.54) is 12.8 Å². The summed E-state index contributed by atoms with van der Waals surface area (Å²) in [4.78, 5) is 12.1. The lowest BCUT2D eigenvalue weighted by Crippen LogP contribution is -2.25. The summed E-state index contributed by atoms with van der Waals surface area (Å²) in [5, 5.41) is 2.97. The van der Waals surface area contributed by atoms with Crippen molar-refractivity contribution in [2.75, 3.05) is 13.1 Å². The van der Waals surface area contributed by atoms with Gasteiger partial charge in [0.2, 0.25) is 0 Å². The zero-order chi connectivity index (χ0) is 13.7. The van der Waals surface area contributed by atoms with Crippen molar-refractivity contribution in [3.05, 3.63) is 34.9 Å². The van der Waals surface area contributed by atoms with Crippen molar-refractivity contribution in [2.24, 2.45) is 11.7 Å². The van der Waals surface area contributed by atoms with Gasteiger partial charge in [0.15, 0.2) is 0 Å². The third-order valence-corrected chi connectivity index (χ3v) is 3.28.